The number of fused-ring (bicyclic) bond motifs is 6. The first-order valence-corrected chi connectivity index (χ1v) is 10.9. The SMILES string of the molecule is COC(=O)Cc1cc(C)c2cc1OCCCc1cc(C(F)(F)F)ccc1COc1cccc-2n1. The Bertz CT molecular complexity index is 1210. The number of hydrogen-bond acceptors (Lipinski definition) is 5. The number of esters is 1. The first-order valence-electron chi connectivity index (χ1n) is 10.9. The molecule has 1 aliphatic heterocycles. The Morgan fingerprint density at radius 1 is 1.09 bits per heavy atom. The summed E-state index contributed by atoms with van der Waals surface area (Å²) in [6, 6.07) is 12.7. The van der Waals surface area contributed by atoms with Crippen molar-refractivity contribution in [3.63, 3.8) is 0 Å². The average molecular weight is 471 g/mol. The highest BCUT2D eigenvalue weighted by Gasteiger charge is 2.31. The van der Waals surface area contributed by atoms with Crippen LogP contribution in [0.15, 0.2) is 48.5 Å². The highest BCUT2D eigenvalue weighted by Crippen LogP contribution is 2.33. The van der Waals surface area contributed by atoms with Gasteiger partial charge in [0.1, 0.15) is 12.4 Å². The molecule has 0 N–H and O–H groups in total. The molecule has 0 aliphatic carbocycles. The van der Waals surface area contributed by atoms with Crippen LogP contribution in [0.5, 0.6) is 11.6 Å². The molecular formula is C26H24F3NO4. The molecule has 178 valence electrons. The van der Waals surface area contributed by atoms with Crippen molar-refractivity contribution in [1.29, 1.82) is 0 Å². The van der Waals surface area contributed by atoms with Crippen molar-refractivity contribution in [1.82, 2.24) is 4.98 Å². The largest absolute Gasteiger partial charge is 0.493 e. The van der Waals surface area contributed by atoms with Gasteiger partial charge in [0.15, 0.2) is 0 Å². The maximum absolute atomic E-state index is 13.3. The molecular weight excluding hydrogens is 447 g/mol. The van der Waals surface area contributed by atoms with Crippen molar-refractivity contribution in [3.05, 3.63) is 76.3 Å². The number of alkyl halides is 3. The van der Waals surface area contributed by atoms with Crippen LogP contribution in [0.3, 0.4) is 0 Å². The normalized spacial score (nSPS) is 13.7. The number of ether oxygens (including phenoxy) is 3. The summed E-state index contributed by atoms with van der Waals surface area (Å²) in [6.45, 7) is 2.29. The number of halogens is 3. The van der Waals surface area contributed by atoms with Crippen LogP contribution >= 0.6 is 0 Å². The summed E-state index contributed by atoms with van der Waals surface area (Å²) in [5.41, 5.74) is 3.59. The summed E-state index contributed by atoms with van der Waals surface area (Å²) >= 11 is 0. The van der Waals surface area contributed by atoms with Gasteiger partial charge in [-0.05, 0) is 60.7 Å². The van der Waals surface area contributed by atoms with Crippen molar-refractivity contribution in [2.24, 2.45) is 0 Å². The Morgan fingerprint density at radius 3 is 2.68 bits per heavy atom. The van der Waals surface area contributed by atoms with E-state index in [1.54, 1.807) is 12.1 Å². The number of aromatic nitrogens is 1. The highest BCUT2D eigenvalue weighted by atomic mass is 19.4. The van der Waals surface area contributed by atoms with Crippen molar-refractivity contribution < 1.29 is 32.2 Å². The second kappa shape index (κ2) is 9.75. The van der Waals surface area contributed by atoms with E-state index in [0.29, 0.717) is 46.9 Å². The molecule has 34 heavy (non-hydrogen) atoms. The van der Waals surface area contributed by atoms with Gasteiger partial charge in [0.2, 0.25) is 5.88 Å². The Kier molecular flexibility index (Phi) is 6.77. The smallest absolute Gasteiger partial charge is 0.416 e. The topological polar surface area (TPSA) is 57.7 Å². The lowest BCUT2D eigenvalue weighted by atomic mass is 9.99. The van der Waals surface area contributed by atoms with Gasteiger partial charge in [0.05, 0.1) is 31.4 Å². The van der Waals surface area contributed by atoms with Crippen molar-refractivity contribution >= 4 is 5.97 Å². The fourth-order valence-corrected chi connectivity index (χ4v) is 3.94. The molecule has 3 aromatic rings. The number of aryl methyl sites for hydroxylation is 2. The zero-order chi connectivity index (χ0) is 24.3. The third kappa shape index (κ3) is 5.32. The van der Waals surface area contributed by atoms with Crippen molar-refractivity contribution in [3.8, 4) is 22.9 Å². The van der Waals surface area contributed by atoms with E-state index in [9.17, 15) is 18.0 Å². The Hall–Kier alpha value is -3.55. The van der Waals surface area contributed by atoms with Gasteiger partial charge in [-0.2, -0.15) is 13.2 Å². The van der Waals surface area contributed by atoms with E-state index in [-0.39, 0.29) is 19.6 Å². The predicted molar refractivity (Wildman–Crippen MR) is 120 cm³/mol. The molecule has 1 aromatic heterocycles. The van der Waals surface area contributed by atoms with Crippen LogP contribution in [-0.4, -0.2) is 24.7 Å². The monoisotopic (exact) mass is 471 g/mol. The molecule has 1 aliphatic rings. The highest BCUT2D eigenvalue weighted by molar-refractivity contribution is 5.75. The van der Waals surface area contributed by atoms with Crippen LogP contribution in [-0.2, 0) is 35.2 Å². The molecule has 0 amide bonds. The van der Waals surface area contributed by atoms with Gasteiger partial charge >= 0.3 is 12.1 Å². The van der Waals surface area contributed by atoms with E-state index in [1.807, 2.05) is 25.1 Å². The summed E-state index contributed by atoms with van der Waals surface area (Å²) < 4.78 is 56.5. The zero-order valence-corrected chi connectivity index (χ0v) is 18.9. The number of methoxy groups -OCH3 is 1. The molecule has 0 saturated heterocycles. The molecule has 8 heteroatoms. The number of carbonyl (C=O) groups excluding carboxylic acids is 1. The molecule has 2 heterocycles. The molecule has 0 saturated carbocycles. The Balaban J connectivity index is 1.74. The number of hydrogen-bond donors (Lipinski definition) is 0. The van der Waals surface area contributed by atoms with Crippen LogP contribution in [0.25, 0.3) is 11.3 Å². The predicted octanol–water partition coefficient (Wildman–Crippen LogP) is 5.70. The molecule has 0 fully saturated rings. The van der Waals surface area contributed by atoms with E-state index in [2.05, 4.69) is 4.98 Å². The minimum absolute atomic E-state index is 0.0430. The van der Waals surface area contributed by atoms with Crippen molar-refractivity contribution in [2.45, 2.75) is 39.0 Å². The van der Waals surface area contributed by atoms with E-state index >= 15 is 0 Å². The maximum atomic E-state index is 13.3. The van der Waals surface area contributed by atoms with Gasteiger partial charge in [0.25, 0.3) is 0 Å². The van der Waals surface area contributed by atoms with Crippen LogP contribution in [0, 0.1) is 6.92 Å². The number of pyridine rings is 1. The van der Waals surface area contributed by atoms with Crippen LogP contribution in [0.4, 0.5) is 13.2 Å². The van der Waals surface area contributed by atoms with Gasteiger partial charge < -0.3 is 14.2 Å². The van der Waals surface area contributed by atoms with Crippen LogP contribution < -0.4 is 9.47 Å². The molecule has 0 atom stereocenters. The van der Waals surface area contributed by atoms with Gasteiger partial charge in [-0.1, -0.05) is 18.2 Å². The molecule has 0 unspecified atom stereocenters. The quantitative estimate of drug-likeness (QED) is 0.449. The first kappa shape index (κ1) is 23.6. The average Bonchev–Trinajstić information content (AvgIpc) is 2.80. The van der Waals surface area contributed by atoms with Crippen LogP contribution in [0.2, 0.25) is 0 Å². The first-order chi connectivity index (χ1) is 16.2. The summed E-state index contributed by atoms with van der Waals surface area (Å²) in [5.74, 6) is 0.481. The molecule has 4 bridgehead atoms. The fraction of sp³-hybridized carbons (Fsp3) is 0.308. The molecule has 4 rings (SSSR count). The summed E-state index contributed by atoms with van der Waals surface area (Å²) in [4.78, 5) is 16.5. The van der Waals surface area contributed by atoms with Gasteiger partial charge in [-0.3, -0.25) is 4.79 Å². The molecule has 2 aromatic carbocycles. The lowest BCUT2D eigenvalue weighted by molar-refractivity contribution is -0.140. The number of rotatable bonds is 2. The van der Waals surface area contributed by atoms with Gasteiger partial charge in [-0.15, -0.1) is 0 Å². The van der Waals surface area contributed by atoms with Gasteiger partial charge in [-0.25, -0.2) is 4.98 Å². The van der Waals surface area contributed by atoms with E-state index < -0.39 is 17.7 Å². The molecule has 5 nitrogen and oxygen atoms in total. The Morgan fingerprint density at radius 2 is 1.91 bits per heavy atom. The van der Waals surface area contributed by atoms with E-state index in [0.717, 1.165) is 17.2 Å². The second-order valence-corrected chi connectivity index (χ2v) is 8.11. The Labute approximate surface area is 195 Å². The third-order valence-corrected chi connectivity index (χ3v) is 5.73. The summed E-state index contributed by atoms with van der Waals surface area (Å²) in [5, 5.41) is 0. The van der Waals surface area contributed by atoms with Crippen molar-refractivity contribution in [2.75, 3.05) is 13.7 Å². The zero-order valence-electron chi connectivity index (χ0n) is 18.9. The number of nitrogens with zero attached hydrogens (tertiary/aromatic N) is 1. The minimum Gasteiger partial charge on any atom is -0.493 e. The lowest BCUT2D eigenvalue weighted by Gasteiger charge is -2.18. The van der Waals surface area contributed by atoms with Crippen LogP contribution in [0.1, 0.15) is 34.2 Å². The molecule has 0 radical (unpaired) electrons. The number of benzene rings is 2. The van der Waals surface area contributed by atoms with E-state index in [4.69, 9.17) is 14.2 Å². The van der Waals surface area contributed by atoms with E-state index in [1.165, 1.54) is 19.2 Å². The summed E-state index contributed by atoms with van der Waals surface area (Å²) in [7, 11) is 1.32. The third-order valence-electron chi connectivity index (χ3n) is 5.73. The standard InChI is InChI=1S/C26H24F3NO4/c1-16-11-19(13-25(31)32-2)23-14-21(16)22-6-3-7-24(30-22)34-15-18-8-9-20(26(27,28)29)12-17(18)5-4-10-33-23/h3,6-9,11-12,14H,4-5,10,13,15H2,1-2H3. The molecule has 0 spiro atoms. The lowest BCUT2D eigenvalue weighted by Crippen LogP contribution is -2.11. The minimum atomic E-state index is -4.43. The van der Waals surface area contributed by atoms with Gasteiger partial charge in [0, 0.05) is 17.2 Å². The summed E-state index contributed by atoms with van der Waals surface area (Å²) in [6.07, 6.45) is -3.52. The fourth-order valence-electron chi connectivity index (χ4n) is 3.94. The second-order valence-electron chi connectivity index (χ2n) is 8.11. The number of carbonyl (C=O) groups is 1. The maximum Gasteiger partial charge on any atom is 0.416 e.